The van der Waals surface area contributed by atoms with Gasteiger partial charge in [0, 0.05) is 25.2 Å². The van der Waals surface area contributed by atoms with E-state index in [4.69, 9.17) is 10.5 Å². The molecule has 3 aliphatic rings. The van der Waals surface area contributed by atoms with Crippen LogP contribution < -0.4 is 5.73 Å². The summed E-state index contributed by atoms with van der Waals surface area (Å²) in [6.45, 7) is 4.97. The monoisotopic (exact) mass is 266 g/mol. The maximum atomic E-state index is 6.08. The highest BCUT2D eigenvalue weighted by atomic mass is 16.5. The van der Waals surface area contributed by atoms with Crippen LogP contribution in [0.2, 0.25) is 0 Å². The molecule has 0 aromatic carbocycles. The first kappa shape index (κ1) is 13.8. The average Bonchev–Trinajstić information content (AvgIpc) is 2.95. The number of rotatable bonds is 6. The molecule has 0 saturated heterocycles. The van der Waals surface area contributed by atoms with E-state index in [9.17, 15) is 0 Å². The van der Waals surface area contributed by atoms with Crippen molar-refractivity contribution in [2.24, 2.45) is 23.5 Å². The second-order valence-corrected chi connectivity index (χ2v) is 7.23. The quantitative estimate of drug-likeness (QED) is 0.801. The number of fused-ring (bicyclic) bond motifs is 2. The predicted octanol–water partition coefficient (Wildman–Crippen LogP) is 2.25. The summed E-state index contributed by atoms with van der Waals surface area (Å²) < 4.78 is 5.72. The Morgan fingerprint density at radius 3 is 2.58 bits per heavy atom. The third-order valence-electron chi connectivity index (χ3n) is 6.20. The molecular weight excluding hydrogens is 236 g/mol. The number of nitrogens with two attached hydrogens (primary N) is 1. The Bertz CT molecular complexity index is 314. The maximum Gasteiger partial charge on any atom is 0.0611 e. The molecule has 0 radical (unpaired) electrons. The molecule has 0 aliphatic heterocycles. The van der Waals surface area contributed by atoms with E-state index in [2.05, 4.69) is 18.9 Å². The summed E-state index contributed by atoms with van der Waals surface area (Å²) in [5, 5.41) is 0. The highest BCUT2D eigenvalue weighted by molar-refractivity contribution is 5.04. The minimum atomic E-state index is 0.238. The van der Waals surface area contributed by atoms with Crippen molar-refractivity contribution in [2.75, 3.05) is 26.7 Å². The fraction of sp³-hybridized carbons (Fsp3) is 1.00. The zero-order valence-electron chi connectivity index (χ0n) is 12.6. The molecule has 0 heterocycles. The molecule has 19 heavy (non-hydrogen) atoms. The van der Waals surface area contributed by atoms with Crippen molar-refractivity contribution in [3.63, 3.8) is 0 Å². The SMILES string of the molecule is CCOC1CC(CN)(N(C)CC2CC3CCC2C3)C1. The molecule has 3 nitrogen and oxygen atoms in total. The molecule has 0 amide bonds. The van der Waals surface area contributed by atoms with E-state index >= 15 is 0 Å². The second-order valence-electron chi connectivity index (χ2n) is 7.23. The van der Waals surface area contributed by atoms with E-state index in [1.165, 1.54) is 32.2 Å². The summed E-state index contributed by atoms with van der Waals surface area (Å²) in [6.07, 6.45) is 8.69. The van der Waals surface area contributed by atoms with Gasteiger partial charge < -0.3 is 10.5 Å². The molecule has 3 heteroatoms. The zero-order chi connectivity index (χ0) is 13.5. The second kappa shape index (κ2) is 5.34. The van der Waals surface area contributed by atoms with E-state index in [1.807, 2.05) is 0 Å². The first-order chi connectivity index (χ1) is 9.16. The van der Waals surface area contributed by atoms with Crippen molar-refractivity contribution in [1.29, 1.82) is 0 Å². The standard InChI is InChI=1S/C16H30N2O/c1-3-19-15-8-16(9-15,11-17)18(2)10-14-7-12-4-5-13(14)6-12/h12-15H,3-11,17H2,1-2H3. The number of nitrogens with zero attached hydrogens (tertiary/aromatic N) is 1. The van der Waals surface area contributed by atoms with Crippen LogP contribution in [-0.2, 0) is 4.74 Å². The topological polar surface area (TPSA) is 38.5 Å². The van der Waals surface area contributed by atoms with Crippen LogP contribution in [0.3, 0.4) is 0 Å². The summed E-state index contributed by atoms with van der Waals surface area (Å²) in [4.78, 5) is 2.58. The summed E-state index contributed by atoms with van der Waals surface area (Å²) in [6, 6.07) is 0. The molecule has 3 fully saturated rings. The lowest BCUT2D eigenvalue weighted by Crippen LogP contribution is -2.63. The van der Waals surface area contributed by atoms with Gasteiger partial charge >= 0.3 is 0 Å². The van der Waals surface area contributed by atoms with Crippen LogP contribution in [0.4, 0.5) is 0 Å². The van der Waals surface area contributed by atoms with Gasteiger partial charge in [-0.25, -0.2) is 0 Å². The highest BCUT2D eigenvalue weighted by Crippen LogP contribution is 2.49. The van der Waals surface area contributed by atoms with E-state index in [-0.39, 0.29) is 5.54 Å². The van der Waals surface area contributed by atoms with Gasteiger partial charge in [0.15, 0.2) is 0 Å². The molecule has 0 aromatic heterocycles. The lowest BCUT2D eigenvalue weighted by atomic mass is 9.72. The Hall–Kier alpha value is -0.120. The lowest BCUT2D eigenvalue weighted by molar-refractivity contribution is -0.0968. The van der Waals surface area contributed by atoms with Gasteiger partial charge in [-0.1, -0.05) is 6.42 Å². The van der Waals surface area contributed by atoms with Gasteiger partial charge in [0.2, 0.25) is 0 Å². The van der Waals surface area contributed by atoms with Gasteiger partial charge in [-0.15, -0.1) is 0 Å². The summed E-state index contributed by atoms with van der Waals surface area (Å²) in [5.74, 6) is 3.01. The number of ether oxygens (including phenoxy) is 1. The van der Waals surface area contributed by atoms with Crippen molar-refractivity contribution in [1.82, 2.24) is 4.90 Å². The zero-order valence-corrected chi connectivity index (χ0v) is 12.6. The summed E-state index contributed by atoms with van der Waals surface area (Å²) in [5.41, 5.74) is 6.32. The van der Waals surface area contributed by atoms with Crippen LogP contribution >= 0.6 is 0 Å². The van der Waals surface area contributed by atoms with Crippen LogP contribution in [-0.4, -0.2) is 43.3 Å². The van der Waals surface area contributed by atoms with E-state index in [0.29, 0.717) is 6.10 Å². The molecule has 2 N–H and O–H groups in total. The van der Waals surface area contributed by atoms with Crippen LogP contribution in [0.15, 0.2) is 0 Å². The van der Waals surface area contributed by atoms with Gasteiger partial charge in [-0.3, -0.25) is 4.90 Å². The average molecular weight is 266 g/mol. The van der Waals surface area contributed by atoms with E-state index in [0.717, 1.165) is 43.7 Å². The third-order valence-corrected chi connectivity index (χ3v) is 6.20. The first-order valence-electron chi connectivity index (χ1n) is 8.20. The largest absolute Gasteiger partial charge is 0.378 e. The normalized spacial score (nSPS) is 44.8. The Morgan fingerprint density at radius 2 is 2.05 bits per heavy atom. The fourth-order valence-electron chi connectivity index (χ4n) is 4.92. The van der Waals surface area contributed by atoms with Gasteiger partial charge in [0.05, 0.1) is 6.10 Å². The van der Waals surface area contributed by atoms with Crippen molar-refractivity contribution < 1.29 is 4.74 Å². The molecule has 3 atom stereocenters. The van der Waals surface area contributed by atoms with Gasteiger partial charge in [-0.05, 0) is 63.8 Å². The third kappa shape index (κ3) is 2.45. The molecule has 3 aliphatic carbocycles. The number of hydrogen-bond donors (Lipinski definition) is 1. The Morgan fingerprint density at radius 1 is 1.26 bits per heavy atom. The summed E-state index contributed by atoms with van der Waals surface area (Å²) in [7, 11) is 2.29. The molecular formula is C16H30N2O. The van der Waals surface area contributed by atoms with Crippen molar-refractivity contribution in [3.05, 3.63) is 0 Å². The van der Waals surface area contributed by atoms with E-state index < -0.39 is 0 Å². The van der Waals surface area contributed by atoms with Crippen LogP contribution in [0.5, 0.6) is 0 Å². The predicted molar refractivity (Wildman–Crippen MR) is 78.0 cm³/mol. The highest BCUT2D eigenvalue weighted by Gasteiger charge is 2.48. The number of hydrogen-bond acceptors (Lipinski definition) is 3. The molecule has 3 unspecified atom stereocenters. The molecule has 0 aromatic rings. The summed E-state index contributed by atoms with van der Waals surface area (Å²) >= 11 is 0. The lowest BCUT2D eigenvalue weighted by Gasteiger charge is -2.53. The van der Waals surface area contributed by atoms with Crippen molar-refractivity contribution >= 4 is 0 Å². The van der Waals surface area contributed by atoms with Gasteiger partial charge in [-0.2, -0.15) is 0 Å². The minimum absolute atomic E-state index is 0.238. The van der Waals surface area contributed by atoms with E-state index in [1.54, 1.807) is 0 Å². The smallest absolute Gasteiger partial charge is 0.0611 e. The number of likely N-dealkylation sites (N-methyl/N-ethyl adjacent to an activating group) is 1. The van der Waals surface area contributed by atoms with Crippen LogP contribution in [0, 0.1) is 17.8 Å². The van der Waals surface area contributed by atoms with Crippen molar-refractivity contribution in [3.8, 4) is 0 Å². The van der Waals surface area contributed by atoms with Gasteiger partial charge in [0.25, 0.3) is 0 Å². The van der Waals surface area contributed by atoms with Crippen LogP contribution in [0.25, 0.3) is 0 Å². The van der Waals surface area contributed by atoms with Crippen LogP contribution in [0.1, 0.15) is 45.4 Å². The molecule has 110 valence electrons. The van der Waals surface area contributed by atoms with Gasteiger partial charge in [0.1, 0.15) is 0 Å². The maximum absolute atomic E-state index is 6.08. The minimum Gasteiger partial charge on any atom is -0.378 e. The molecule has 0 spiro atoms. The Balaban J connectivity index is 1.53. The molecule has 3 rings (SSSR count). The Labute approximate surface area is 117 Å². The van der Waals surface area contributed by atoms with Crippen molar-refractivity contribution in [2.45, 2.75) is 57.1 Å². The first-order valence-corrected chi connectivity index (χ1v) is 8.20. The fourth-order valence-corrected chi connectivity index (χ4v) is 4.92. The molecule has 2 bridgehead atoms. The Kier molecular flexibility index (Phi) is 3.89. The molecule has 3 saturated carbocycles.